The highest BCUT2D eigenvalue weighted by Gasteiger charge is 2.33. The zero-order valence-electron chi connectivity index (χ0n) is 27.2. The van der Waals surface area contributed by atoms with Crippen molar-refractivity contribution in [2.75, 3.05) is 39.3 Å². The van der Waals surface area contributed by atoms with Crippen molar-refractivity contribution in [1.82, 2.24) is 30.4 Å². The minimum Gasteiger partial charge on any atom is -0.308 e. The molecule has 2 aliphatic rings. The molecule has 7 rings (SSSR count). The van der Waals surface area contributed by atoms with E-state index in [-0.39, 0.29) is 11.6 Å². The van der Waals surface area contributed by atoms with Crippen LogP contribution in [0.2, 0.25) is 0 Å². The third kappa shape index (κ3) is 9.83. The van der Waals surface area contributed by atoms with E-state index in [0.717, 1.165) is 68.6 Å². The number of nitrogens with zero attached hydrogens (tertiary/aromatic N) is 4. The summed E-state index contributed by atoms with van der Waals surface area (Å²) in [6.07, 6.45) is -0.768. The summed E-state index contributed by atoms with van der Waals surface area (Å²) in [4.78, 5) is 13.4. The van der Waals surface area contributed by atoms with Gasteiger partial charge < -0.3 is 10.6 Å². The topological polar surface area (TPSA) is 56.3 Å². The van der Waals surface area contributed by atoms with E-state index in [9.17, 15) is 13.2 Å². The number of piperazine rings is 2. The van der Waals surface area contributed by atoms with E-state index < -0.39 is 11.7 Å². The Morgan fingerprint density at radius 1 is 0.633 bits per heavy atom. The average Bonchev–Trinajstić information content (AvgIpc) is 3.14. The van der Waals surface area contributed by atoms with Crippen LogP contribution in [0.1, 0.15) is 39.9 Å². The smallest absolute Gasteiger partial charge is 0.308 e. The van der Waals surface area contributed by atoms with E-state index in [2.05, 4.69) is 94.9 Å². The van der Waals surface area contributed by atoms with Crippen LogP contribution in [0.4, 0.5) is 13.2 Å². The fourth-order valence-electron chi connectivity index (χ4n) is 6.37. The fraction of sp³-hybridized carbons (Fsp3) is 0.282. The van der Waals surface area contributed by atoms with Gasteiger partial charge in [-0.2, -0.15) is 13.2 Å². The van der Waals surface area contributed by atoms with E-state index >= 15 is 0 Å². The molecule has 254 valence electrons. The lowest BCUT2D eigenvalue weighted by molar-refractivity contribution is -0.137. The summed E-state index contributed by atoms with van der Waals surface area (Å²) < 4.78 is 40.7. The molecule has 4 heterocycles. The zero-order chi connectivity index (χ0) is 34.1. The second kappa shape index (κ2) is 16.7. The molecular formula is C39H40BrF3N6. The fourth-order valence-corrected chi connectivity index (χ4v) is 6.61. The van der Waals surface area contributed by atoms with Gasteiger partial charge in [-0.1, -0.05) is 91.0 Å². The number of hydrogen-bond acceptors (Lipinski definition) is 6. The average molecular weight is 730 g/mol. The Bertz CT molecular complexity index is 1740. The first kappa shape index (κ1) is 34.9. The number of halogens is 4. The quantitative estimate of drug-likeness (QED) is 0.166. The molecule has 0 saturated carbocycles. The molecule has 2 saturated heterocycles. The van der Waals surface area contributed by atoms with Crippen LogP contribution in [-0.4, -0.2) is 59.0 Å². The first-order chi connectivity index (χ1) is 23.8. The molecule has 0 radical (unpaired) electrons. The minimum absolute atomic E-state index is 0.109. The second-order valence-corrected chi connectivity index (χ2v) is 13.2. The molecule has 2 unspecified atom stereocenters. The number of aromatic nitrogens is 2. The summed E-state index contributed by atoms with van der Waals surface area (Å²) in [6.45, 7) is 7.53. The van der Waals surface area contributed by atoms with Crippen molar-refractivity contribution in [3.8, 4) is 11.3 Å². The van der Waals surface area contributed by atoms with Crippen LogP contribution < -0.4 is 10.6 Å². The molecule has 2 N–H and O–H groups in total. The van der Waals surface area contributed by atoms with Crippen LogP contribution in [0.15, 0.2) is 126 Å². The molecule has 5 aromatic rings. The molecular weight excluding hydrogens is 689 g/mol. The molecule has 0 aliphatic carbocycles. The number of hydrogen-bond donors (Lipinski definition) is 2. The van der Waals surface area contributed by atoms with E-state index in [1.165, 1.54) is 28.8 Å². The van der Waals surface area contributed by atoms with Gasteiger partial charge in [0, 0.05) is 82.4 Å². The normalized spacial score (nSPS) is 18.8. The highest BCUT2D eigenvalue weighted by Crippen LogP contribution is 2.36. The first-order valence-corrected chi connectivity index (χ1v) is 17.3. The molecule has 0 bridgehead atoms. The molecule has 3 aromatic carbocycles. The van der Waals surface area contributed by atoms with Crippen LogP contribution in [0, 0.1) is 0 Å². The number of rotatable bonds is 7. The van der Waals surface area contributed by atoms with Crippen LogP contribution in [0.25, 0.3) is 11.3 Å². The number of alkyl halides is 3. The third-order valence-electron chi connectivity index (χ3n) is 8.86. The lowest BCUT2D eigenvalue weighted by atomic mass is 10.0. The van der Waals surface area contributed by atoms with Crippen molar-refractivity contribution < 1.29 is 13.2 Å². The molecule has 10 heteroatoms. The predicted molar refractivity (Wildman–Crippen MR) is 192 cm³/mol. The summed E-state index contributed by atoms with van der Waals surface area (Å²) in [7, 11) is 0. The maximum absolute atomic E-state index is 13.3. The largest absolute Gasteiger partial charge is 0.417 e. The van der Waals surface area contributed by atoms with Crippen molar-refractivity contribution in [3.05, 3.63) is 154 Å². The zero-order valence-corrected chi connectivity index (χ0v) is 28.7. The summed E-state index contributed by atoms with van der Waals surface area (Å²) >= 11 is 3.38. The molecule has 2 aromatic heterocycles. The Hall–Kier alpha value is -3.93. The van der Waals surface area contributed by atoms with Crippen LogP contribution in [0.3, 0.4) is 0 Å². The van der Waals surface area contributed by atoms with Gasteiger partial charge in [-0.3, -0.25) is 14.8 Å². The van der Waals surface area contributed by atoms with Crippen molar-refractivity contribution in [2.24, 2.45) is 0 Å². The summed E-state index contributed by atoms with van der Waals surface area (Å²) in [5.74, 6) is 0. The van der Waals surface area contributed by atoms with E-state index in [4.69, 9.17) is 0 Å². The Balaban J connectivity index is 0.000000182. The Kier molecular flexibility index (Phi) is 11.9. The second-order valence-electron chi connectivity index (χ2n) is 12.4. The van der Waals surface area contributed by atoms with Gasteiger partial charge in [-0.15, -0.1) is 0 Å². The van der Waals surface area contributed by atoms with Crippen LogP contribution >= 0.6 is 15.9 Å². The van der Waals surface area contributed by atoms with Gasteiger partial charge in [0.05, 0.1) is 11.3 Å². The maximum atomic E-state index is 13.3. The standard InChI is InChI=1S/C23H22F3N3.C16H18BrN3/c24-23(25,26)20-9-5-4-8-19(20)21-11-10-17(14-28-21)15-29-13-12-27-22(16-29)18-6-2-1-3-7-18;17-16-7-6-13(10-19-16)11-20-9-8-18-15(12-20)14-4-2-1-3-5-14/h1-11,14,22,27H,12-13,15-16H2;1-7,10,15,18H,8-9,11-12H2. The highest BCUT2D eigenvalue weighted by atomic mass is 79.9. The van der Waals surface area contributed by atoms with E-state index in [1.54, 1.807) is 18.3 Å². The number of pyridine rings is 2. The van der Waals surface area contributed by atoms with Gasteiger partial charge in [-0.25, -0.2) is 4.98 Å². The van der Waals surface area contributed by atoms with Gasteiger partial charge >= 0.3 is 6.18 Å². The first-order valence-electron chi connectivity index (χ1n) is 16.5. The van der Waals surface area contributed by atoms with Gasteiger partial charge in [0.1, 0.15) is 4.60 Å². The van der Waals surface area contributed by atoms with Crippen molar-refractivity contribution in [3.63, 3.8) is 0 Å². The van der Waals surface area contributed by atoms with Gasteiger partial charge in [0.25, 0.3) is 0 Å². The van der Waals surface area contributed by atoms with E-state index in [1.807, 2.05) is 36.5 Å². The summed E-state index contributed by atoms with van der Waals surface area (Å²) in [5, 5.41) is 7.13. The van der Waals surface area contributed by atoms with Crippen molar-refractivity contribution >= 4 is 15.9 Å². The molecule has 0 spiro atoms. The number of nitrogens with one attached hydrogen (secondary N) is 2. The van der Waals surface area contributed by atoms with Crippen LogP contribution in [-0.2, 0) is 19.3 Å². The molecule has 49 heavy (non-hydrogen) atoms. The monoisotopic (exact) mass is 728 g/mol. The third-order valence-corrected chi connectivity index (χ3v) is 9.33. The lowest BCUT2D eigenvalue weighted by Gasteiger charge is -2.34. The van der Waals surface area contributed by atoms with Crippen molar-refractivity contribution in [2.45, 2.75) is 31.3 Å². The summed E-state index contributed by atoms with van der Waals surface area (Å²) in [5.41, 5.74) is 4.67. The molecule has 2 atom stereocenters. The predicted octanol–water partition coefficient (Wildman–Crippen LogP) is 7.90. The Morgan fingerprint density at radius 2 is 1.14 bits per heavy atom. The lowest BCUT2D eigenvalue weighted by Crippen LogP contribution is -2.45. The maximum Gasteiger partial charge on any atom is 0.417 e. The SMILES string of the molecule is Brc1ccc(CN2CCNC(c3ccccc3)C2)cn1.FC(F)(F)c1ccccc1-c1ccc(CN2CCNC(c3ccccc3)C2)cn1. The number of benzene rings is 3. The molecule has 2 fully saturated rings. The van der Waals surface area contributed by atoms with Crippen molar-refractivity contribution in [1.29, 1.82) is 0 Å². The molecule has 6 nitrogen and oxygen atoms in total. The van der Waals surface area contributed by atoms with Gasteiger partial charge in [-0.05, 0) is 56.4 Å². The van der Waals surface area contributed by atoms with Gasteiger partial charge in [0.2, 0.25) is 0 Å². The minimum atomic E-state index is -4.40. The highest BCUT2D eigenvalue weighted by molar-refractivity contribution is 9.10. The molecule has 2 aliphatic heterocycles. The molecule has 0 amide bonds. The summed E-state index contributed by atoms with van der Waals surface area (Å²) in [6, 6.07) is 34.9. The van der Waals surface area contributed by atoms with Crippen LogP contribution in [0.5, 0.6) is 0 Å². The Morgan fingerprint density at radius 3 is 1.63 bits per heavy atom. The Labute approximate surface area is 294 Å². The van der Waals surface area contributed by atoms with E-state index in [0.29, 0.717) is 11.7 Å². The van der Waals surface area contributed by atoms with Gasteiger partial charge in [0.15, 0.2) is 0 Å².